The maximum atomic E-state index is 6.12. The molecule has 0 saturated heterocycles. The van der Waals surface area contributed by atoms with Crippen molar-refractivity contribution in [1.29, 1.82) is 0 Å². The third-order valence-corrected chi connectivity index (χ3v) is 4.22. The van der Waals surface area contributed by atoms with E-state index in [4.69, 9.17) is 22.8 Å². The predicted octanol–water partition coefficient (Wildman–Crippen LogP) is 5.49. The molecule has 5 heteroatoms. The van der Waals surface area contributed by atoms with Gasteiger partial charge in [0.25, 0.3) is 0 Å². The summed E-state index contributed by atoms with van der Waals surface area (Å²) in [4.78, 5) is 0. The van der Waals surface area contributed by atoms with E-state index in [-0.39, 0.29) is 6.61 Å². The minimum Gasteiger partial charge on any atom is -0.479 e. The average molecular weight is 430 g/mol. The minimum absolute atomic E-state index is 0.231. The van der Waals surface area contributed by atoms with E-state index in [0.29, 0.717) is 17.3 Å². The average Bonchev–Trinajstić information content (AvgIpc) is 2.46. The van der Waals surface area contributed by atoms with Crippen LogP contribution in [0, 0.1) is 12.3 Å². The maximum absolute atomic E-state index is 6.12. The van der Waals surface area contributed by atoms with Crippen LogP contribution in [0.3, 0.4) is 0 Å². The molecule has 0 aliphatic carbocycles. The van der Waals surface area contributed by atoms with Crippen LogP contribution in [0.15, 0.2) is 45.3 Å². The Hall–Kier alpha value is -1.15. The second-order valence-corrected chi connectivity index (χ2v) is 6.33. The molecule has 0 radical (unpaired) electrons. The van der Waals surface area contributed by atoms with Crippen molar-refractivity contribution in [3.8, 4) is 18.1 Å². The van der Waals surface area contributed by atoms with E-state index >= 15 is 0 Å². The third-order valence-electron chi connectivity index (χ3n) is 2.71. The van der Waals surface area contributed by atoms with E-state index in [1.165, 1.54) is 0 Å². The molecule has 0 saturated carbocycles. The third kappa shape index (κ3) is 4.41. The molecule has 0 fully saturated rings. The van der Waals surface area contributed by atoms with Gasteiger partial charge in [-0.25, -0.2) is 0 Å². The molecule has 2 aromatic carbocycles. The second kappa shape index (κ2) is 7.74. The van der Waals surface area contributed by atoms with Gasteiger partial charge in [0.05, 0.1) is 19.7 Å². The van der Waals surface area contributed by atoms with Crippen molar-refractivity contribution >= 4 is 49.1 Å². The van der Waals surface area contributed by atoms with E-state index in [2.05, 4.69) is 43.1 Å². The SMILES string of the molecule is C#CCOc1c(Br)cc(CNc2ccccc2Cl)cc1Br. The molecule has 2 nitrogen and oxygen atoms in total. The summed E-state index contributed by atoms with van der Waals surface area (Å²) in [5, 5.41) is 4.00. The highest BCUT2D eigenvalue weighted by atomic mass is 79.9. The number of halogens is 3. The monoisotopic (exact) mass is 427 g/mol. The van der Waals surface area contributed by atoms with E-state index in [1.54, 1.807) is 0 Å². The molecule has 0 spiro atoms. The van der Waals surface area contributed by atoms with Crippen LogP contribution < -0.4 is 10.1 Å². The first-order valence-electron chi connectivity index (χ1n) is 6.14. The maximum Gasteiger partial charge on any atom is 0.149 e. The van der Waals surface area contributed by atoms with Crippen LogP contribution in [0.25, 0.3) is 0 Å². The molecule has 0 atom stereocenters. The Morgan fingerprint density at radius 2 is 1.86 bits per heavy atom. The van der Waals surface area contributed by atoms with Crippen LogP contribution in [-0.4, -0.2) is 6.61 Å². The van der Waals surface area contributed by atoms with Gasteiger partial charge in [-0.15, -0.1) is 6.42 Å². The van der Waals surface area contributed by atoms with Crippen molar-refractivity contribution in [1.82, 2.24) is 0 Å². The number of anilines is 1. The standard InChI is InChI=1S/C16H12Br2ClNO/c1-2-7-21-16-12(17)8-11(9-13(16)18)10-20-15-6-4-3-5-14(15)19/h1,3-6,8-9,20H,7,10H2. The molecule has 1 N–H and O–H groups in total. The second-order valence-electron chi connectivity index (χ2n) is 4.21. The van der Waals surface area contributed by atoms with Crippen molar-refractivity contribution < 1.29 is 4.74 Å². The quantitative estimate of drug-likeness (QED) is 0.635. The molecule has 108 valence electrons. The first-order chi connectivity index (χ1) is 10.1. The normalized spacial score (nSPS) is 10.0. The highest BCUT2D eigenvalue weighted by Crippen LogP contribution is 2.35. The van der Waals surface area contributed by atoms with Gasteiger partial charge in [-0.1, -0.05) is 29.7 Å². The molecule has 2 rings (SSSR count). The lowest BCUT2D eigenvalue weighted by molar-refractivity contribution is 0.365. The van der Waals surface area contributed by atoms with Crippen molar-refractivity contribution in [3.05, 3.63) is 55.9 Å². The number of benzene rings is 2. The van der Waals surface area contributed by atoms with Crippen LogP contribution in [0.2, 0.25) is 5.02 Å². The first-order valence-corrected chi connectivity index (χ1v) is 8.11. The summed E-state index contributed by atoms with van der Waals surface area (Å²) in [7, 11) is 0. The number of para-hydroxylation sites is 1. The van der Waals surface area contributed by atoms with Gasteiger partial charge in [-0.05, 0) is 61.7 Å². The zero-order valence-electron chi connectivity index (χ0n) is 11.0. The van der Waals surface area contributed by atoms with E-state index in [1.807, 2.05) is 36.4 Å². The zero-order chi connectivity index (χ0) is 15.2. The van der Waals surface area contributed by atoms with Gasteiger partial charge in [0, 0.05) is 6.54 Å². The summed E-state index contributed by atoms with van der Waals surface area (Å²) in [5.41, 5.74) is 1.99. The zero-order valence-corrected chi connectivity index (χ0v) is 14.9. The van der Waals surface area contributed by atoms with Gasteiger partial charge in [0.2, 0.25) is 0 Å². The lowest BCUT2D eigenvalue weighted by Gasteiger charge is -2.12. The number of terminal acetylenes is 1. The van der Waals surface area contributed by atoms with Crippen LogP contribution in [0.5, 0.6) is 5.75 Å². The molecule has 0 bridgehead atoms. The van der Waals surface area contributed by atoms with Gasteiger partial charge in [-0.3, -0.25) is 0 Å². The topological polar surface area (TPSA) is 21.3 Å². The summed E-state index contributed by atoms with van der Waals surface area (Å²) in [6.07, 6.45) is 5.20. The molecular formula is C16H12Br2ClNO. The summed E-state index contributed by atoms with van der Waals surface area (Å²) < 4.78 is 7.18. The Morgan fingerprint density at radius 1 is 1.19 bits per heavy atom. The van der Waals surface area contributed by atoms with Crippen molar-refractivity contribution in [2.45, 2.75) is 6.54 Å². The van der Waals surface area contributed by atoms with Crippen LogP contribution in [0.1, 0.15) is 5.56 Å². The molecule has 2 aromatic rings. The summed E-state index contributed by atoms with van der Waals surface area (Å²) >= 11 is 13.1. The van der Waals surface area contributed by atoms with E-state index < -0.39 is 0 Å². The van der Waals surface area contributed by atoms with Gasteiger partial charge < -0.3 is 10.1 Å². The highest BCUT2D eigenvalue weighted by molar-refractivity contribution is 9.11. The fraction of sp³-hybridized carbons (Fsp3) is 0.125. The van der Waals surface area contributed by atoms with Crippen molar-refractivity contribution in [3.63, 3.8) is 0 Å². The lowest BCUT2D eigenvalue weighted by atomic mass is 10.2. The van der Waals surface area contributed by atoms with Gasteiger partial charge in [-0.2, -0.15) is 0 Å². The molecule has 0 aliphatic rings. The Kier molecular flexibility index (Phi) is 5.98. The molecular weight excluding hydrogens is 417 g/mol. The Labute approximate surface area is 146 Å². The molecule has 0 aliphatic heterocycles. The van der Waals surface area contributed by atoms with E-state index in [9.17, 15) is 0 Å². The molecule has 0 aromatic heterocycles. The Balaban J connectivity index is 2.12. The summed E-state index contributed by atoms with van der Waals surface area (Å²) in [5.74, 6) is 3.15. The number of rotatable bonds is 5. The first kappa shape index (κ1) is 16.2. The predicted molar refractivity (Wildman–Crippen MR) is 94.9 cm³/mol. The van der Waals surface area contributed by atoms with Crippen LogP contribution in [-0.2, 0) is 6.54 Å². The van der Waals surface area contributed by atoms with Crippen molar-refractivity contribution in [2.75, 3.05) is 11.9 Å². The summed E-state index contributed by atoms with van der Waals surface area (Å²) in [6, 6.07) is 11.6. The largest absolute Gasteiger partial charge is 0.479 e. The smallest absolute Gasteiger partial charge is 0.149 e. The number of ether oxygens (including phenoxy) is 1. The molecule has 21 heavy (non-hydrogen) atoms. The number of hydrogen-bond acceptors (Lipinski definition) is 2. The van der Waals surface area contributed by atoms with Crippen LogP contribution in [0.4, 0.5) is 5.69 Å². The van der Waals surface area contributed by atoms with Gasteiger partial charge in [0.1, 0.15) is 12.4 Å². The number of nitrogens with one attached hydrogen (secondary N) is 1. The fourth-order valence-corrected chi connectivity index (χ4v) is 3.48. The summed E-state index contributed by atoms with van der Waals surface area (Å²) in [6.45, 7) is 0.880. The van der Waals surface area contributed by atoms with Crippen molar-refractivity contribution in [2.24, 2.45) is 0 Å². The molecule has 0 amide bonds. The lowest BCUT2D eigenvalue weighted by Crippen LogP contribution is -2.01. The minimum atomic E-state index is 0.231. The van der Waals surface area contributed by atoms with Gasteiger partial charge >= 0.3 is 0 Å². The van der Waals surface area contributed by atoms with E-state index in [0.717, 1.165) is 20.2 Å². The number of hydrogen-bond donors (Lipinski definition) is 1. The van der Waals surface area contributed by atoms with Gasteiger partial charge in [0.15, 0.2) is 0 Å². The molecule has 0 unspecified atom stereocenters. The fourth-order valence-electron chi connectivity index (χ4n) is 1.77. The molecule has 0 heterocycles. The Bertz CT molecular complexity index is 659. The highest BCUT2D eigenvalue weighted by Gasteiger charge is 2.09. The van der Waals surface area contributed by atoms with Crippen LogP contribution >= 0.6 is 43.5 Å². The Morgan fingerprint density at radius 3 is 2.48 bits per heavy atom.